The van der Waals surface area contributed by atoms with Crippen molar-refractivity contribution in [2.45, 2.75) is 0 Å². The number of fused-ring (bicyclic) bond motifs is 12. The van der Waals surface area contributed by atoms with E-state index in [4.69, 9.17) is 0 Å². The van der Waals surface area contributed by atoms with Gasteiger partial charge in [-0.25, -0.2) is 0 Å². The van der Waals surface area contributed by atoms with Gasteiger partial charge in [-0.05, 0) is 213 Å². The van der Waals surface area contributed by atoms with Crippen LogP contribution in [0.2, 0.25) is 0 Å². The molecule has 0 aliphatic rings. The number of rotatable bonds is 16. The minimum Gasteiger partial charge on any atom is -0.309 e. The number of aromatic nitrogens is 4. The molecule has 24 aromatic rings. The number of nitriles is 1. The molecule has 0 atom stereocenters. The fourth-order valence-corrected chi connectivity index (χ4v) is 30.1. The van der Waals surface area contributed by atoms with Crippen LogP contribution in [0.1, 0.15) is 5.56 Å². The molecule has 0 fully saturated rings. The lowest BCUT2D eigenvalue weighted by Gasteiger charge is -2.34. The van der Waals surface area contributed by atoms with Gasteiger partial charge in [0.25, 0.3) is 0 Å². The van der Waals surface area contributed by atoms with Gasteiger partial charge in [-0.1, -0.05) is 376 Å². The van der Waals surface area contributed by atoms with E-state index in [9.17, 15) is 5.26 Å². The number of para-hydroxylation sites is 5. The molecule has 600 valence electrons. The van der Waals surface area contributed by atoms with E-state index in [1.54, 1.807) is 0 Å². The van der Waals surface area contributed by atoms with Crippen molar-refractivity contribution in [2.24, 2.45) is 0 Å². The topological polar surface area (TPSA) is 43.5 Å². The zero-order chi connectivity index (χ0) is 85.1. The van der Waals surface area contributed by atoms with E-state index in [2.05, 4.69) is 510 Å². The molecular weight excluding hydrogens is 1580 g/mol. The Labute approximate surface area is 745 Å². The summed E-state index contributed by atoms with van der Waals surface area (Å²) in [6.45, 7) is 0. The predicted molar refractivity (Wildman–Crippen MR) is 544 cm³/mol. The number of hydrogen-bond acceptors (Lipinski definition) is 1. The van der Waals surface area contributed by atoms with E-state index in [0.29, 0.717) is 5.56 Å². The first-order valence-corrected chi connectivity index (χ1v) is 47.9. The molecule has 0 aliphatic carbocycles. The highest BCUT2D eigenvalue weighted by Crippen LogP contribution is 2.42. The van der Waals surface area contributed by atoms with Gasteiger partial charge < -0.3 is 18.3 Å². The van der Waals surface area contributed by atoms with E-state index >= 15 is 0 Å². The third-order valence-corrected chi connectivity index (χ3v) is 35.9. The lowest BCUT2D eigenvalue weighted by molar-refractivity contribution is 1.18. The van der Waals surface area contributed by atoms with Crippen molar-refractivity contribution in [2.75, 3.05) is 0 Å². The summed E-state index contributed by atoms with van der Waals surface area (Å²) in [6, 6.07) is 187. The molecule has 128 heavy (non-hydrogen) atoms. The number of nitrogens with zero attached hydrogens (tertiary/aromatic N) is 5. The van der Waals surface area contributed by atoms with Crippen LogP contribution >= 0.6 is 0 Å². The second kappa shape index (κ2) is 32.3. The first kappa shape index (κ1) is 76.4. The lowest BCUT2D eigenvalue weighted by atomic mass is 9.98. The van der Waals surface area contributed by atoms with Gasteiger partial charge in [-0.3, -0.25) is 0 Å². The van der Waals surface area contributed by atoms with Crippen molar-refractivity contribution in [3.8, 4) is 73.3 Å². The molecule has 0 aliphatic heterocycles. The van der Waals surface area contributed by atoms with E-state index < -0.39 is 16.1 Å². The smallest absolute Gasteiger partial charge is 0.179 e. The van der Waals surface area contributed by atoms with E-state index in [-0.39, 0.29) is 0 Å². The molecule has 24 rings (SSSR count). The Hall–Kier alpha value is -16.5. The van der Waals surface area contributed by atoms with E-state index in [1.165, 1.54) is 157 Å². The van der Waals surface area contributed by atoms with Gasteiger partial charge in [-0.2, -0.15) is 5.26 Å². The van der Waals surface area contributed by atoms with Crippen molar-refractivity contribution in [3.63, 3.8) is 0 Å². The Morgan fingerprint density at radius 2 is 0.359 bits per heavy atom. The van der Waals surface area contributed by atoms with Crippen LogP contribution in [0.5, 0.6) is 0 Å². The zero-order valence-electron chi connectivity index (χ0n) is 70.2. The molecule has 0 spiro atoms. The lowest BCUT2D eigenvalue weighted by Crippen LogP contribution is -2.74. The Balaban J connectivity index is 0.000000147. The molecule has 7 heteroatoms. The SMILES string of the molecule is N#Cc1cccc(-n2c3ccc(-c4ccc(-c5ccc6c(c5)c5ccccc5n6-c5ccccc5)cc4)cc3c3cc([Si](c4ccccc4)(c4ccccc4)c4ccccc4)ccc32)c1.c1ccc(-n2c3ccccc3c3cc(-c4ccc(-c5ccc6c(c5)c5cc([Si](c7ccccc7)(c7ccccc7)c7ccccc7)ccc5n6-c5ccccc5)cc4)ccc32)cc1. The molecule has 0 unspecified atom stereocenters. The monoisotopic (exact) mass is 1660 g/mol. The summed E-state index contributed by atoms with van der Waals surface area (Å²) in [5, 5.41) is 30.6. The standard InChI is InChI=1S/C61H41N3Si.C60H42N2Si/c62-42-43-16-15-19-49(38-43)64-60-36-33-47(45-30-28-44(29-31-45)46-32-35-59-55(39-46)54-26-13-14-27-58(54)63(59)48-17-5-1-6-18-48)40-56(60)57-41-53(34-37-61(57)64)65(50-20-7-2-8-21-50,51-22-9-3-10-23-51)52-24-11-4-12-25-52;1-6-18-47(19-7-1)61-57-29-17-16-28-53(57)54-40-45(34-37-58(54)61)43-30-32-44(33-31-43)46-35-38-59-55(41-46)56-42-52(36-39-60(56)62(59)48-20-8-2-9-21-48)63(49-22-10-3-11-23-49,50-24-12-4-13-25-50)51-26-14-5-15-27-51/h1-41H;1-42H. The highest BCUT2D eigenvalue weighted by molar-refractivity contribution is 7.20. The fraction of sp³-hybridized carbons (Fsp3) is 0. The molecule has 0 radical (unpaired) electrons. The van der Waals surface area contributed by atoms with Gasteiger partial charge in [-0.15, -0.1) is 0 Å². The summed E-state index contributed by atoms with van der Waals surface area (Å²) in [7, 11) is -5.56. The number of hydrogen-bond donors (Lipinski definition) is 0. The molecule has 0 N–H and O–H groups in total. The fourth-order valence-electron chi connectivity index (χ4n) is 20.6. The van der Waals surface area contributed by atoms with Crippen molar-refractivity contribution < 1.29 is 0 Å². The van der Waals surface area contributed by atoms with Crippen molar-refractivity contribution in [1.29, 1.82) is 5.26 Å². The average molecular weight is 1660 g/mol. The molecule has 20 aromatic carbocycles. The maximum Gasteiger partial charge on any atom is 0.179 e. The highest BCUT2D eigenvalue weighted by atomic mass is 28.3. The molecule has 4 heterocycles. The quantitative estimate of drug-likeness (QED) is 0.0702. The Kier molecular flexibility index (Phi) is 19.3. The summed E-state index contributed by atoms with van der Waals surface area (Å²) >= 11 is 0. The van der Waals surface area contributed by atoms with Crippen LogP contribution in [0.15, 0.2) is 504 Å². The largest absolute Gasteiger partial charge is 0.309 e. The third kappa shape index (κ3) is 13.0. The normalized spacial score (nSPS) is 11.7. The summed E-state index contributed by atoms with van der Waals surface area (Å²) in [6.07, 6.45) is 0. The van der Waals surface area contributed by atoms with Gasteiger partial charge in [0, 0.05) is 65.8 Å². The number of benzene rings is 20. The van der Waals surface area contributed by atoms with Crippen molar-refractivity contribution in [1.82, 2.24) is 18.3 Å². The van der Waals surface area contributed by atoms with Crippen LogP contribution in [0.3, 0.4) is 0 Å². The van der Waals surface area contributed by atoms with Gasteiger partial charge >= 0.3 is 0 Å². The average Bonchev–Trinajstić information content (AvgIpc) is 1.03. The molecule has 0 bridgehead atoms. The van der Waals surface area contributed by atoms with Crippen LogP contribution in [0, 0.1) is 11.3 Å². The van der Waals surface area contributed by atoms with E-state index in [1.807, 2.05) is 18.2 Å². The van der Waals surface area contributed by atoms with Gasteiger partial charge in [0.15, 0.2) is 16.1 Å². The summed E-state index contributed by atoms with van der Waals surface area (Å²) in [5.41, 5.74) is 24.0. The second-order valence-corrected chi connectivity index (χ2v) is 40.9. The van der Waals surface area contributed by atoms with Crippen LogP contribution in [0.4, 0.5) is 0 Å². The Morgan fingerprint density at radius 1 is 0.148 bits per heavy atom. The Bertz CT molecular complexity index is 8120. The first-order valence-electron chi connectivity index (χ1n) is 43.9. The van der Waals surface area contributed by atoms with Gasteiger partial charge in [0.2, 0.25) is 0 Å². The molecule has 0 saturated heterocycles. The minimum atomic E-state index is -2.81. The van der Waals surface area contributed by atoms with Crippen LogP contribution < -0.4 is 41.5 Å². The minimum absolute atomic E-state index is 0.635. The molecule has 0 amide bonds. The molecular formula is C121H83N5Si2. The molecule has 0 saturated carbocycles. The maximum absolute atomic E-state index is 9.97. The van der Waals surface area contributed by atoms with E-state index in [0.717, 1.165) is 39.2 Å². The molecule has 5 nitrogen and oxygen atoms in total. The van der Waals surface area contributed by atoms with Crippen molar-refractivity contribution in [3.05, 3.63) is 509 Å². The summed E-state index contributed by atoms with van der Waals surface area (Å²) in [5.74, 6) is 0. The molecule has 4 aromatic heterocycles. The van der Waals surface area contributed by atoms with Gasteiger partial charge in [0.05, 0.1) is 55.8 Å². The third-order valence-electron chi connectivity index (χ3n) is 26.4. The van der Waals surface area contributed by atoms with Crippen LogP contribution in [0.25, 0.3) is 154 Å². The highest BCUT2D eigenvalue weighted by Gasteiger charge is 2.43. The summed E-state index contributed by atoms with van der Waals surface area (Å²) in [4.78, 5) is 0. The van der Waals surface area contributed by atoms with Crippen LogP contribution in [-0.2, 0) is 0 Å². The summed E-state index contributed by atoms with van der Waals surface area (Å²) < 4.78 is 9.49. The first-order chi connectivity index (χ1) is 63.4. The predicted octanol–water partition coefficient (Wildman–Crippen LogP) is 25.1. The zero-order valence-corrected chi connectivity index (χ0v) is 72.2. The van der Waals surface area contributed by atoms with Gasteiger partial charge in [0.1, 0.15) is 0 Å². The Morgan fingerprint density at radius 3 is 0.641 bits per heavy atom. The van der Waals surface area contributed by atoms with Crippen LogP contribution in [-0.4, -0.2) is 34.4 Å². The van der Waals surface area contributed by atoms with Crippen molar-refractivity contribution >= 4 is 145 Å². The maximum atomic E-state index is 9.97. The second-order valence-electron chi connectivity index (χ2n) is 33.3.